The molecule has 1 saturated heterocycles. The maximum atomic E-state index is 12.8. The fourth-order valence-electron chi connectivity index (χ4n) is 2.81. The Labute approximate surface area is 116 Å². The quantitative estimate of drug-likeness (QED) is 0.905. The molecule has 0 atom stereocenters. The first kappa shape index (κ1) is 14.1. The van der Waals surface area contributed by atoms with Gasteiger partial charge in [-0.25, -0.2) is 0 Å². The monoisotopic (exact) mass is 260 g/mol. The first-order valence-corrected chi connectivity index (χ1v) is 7.22. The summed E-state index contributed by atoms with van der Waals surface area (Å²) in [4.78, 5) is 14.8. The number of hydrogen-bond donors (Lipinski definition) is 1. The summed E-state index contributed by atoms with van der Waals surface area (Å²) < 4.78 is 0. The molecule has 1 aromatic carbocycles. The molecule has 1 N–H and O–H groups in total. The number of hydrogen-bond acceptors (Lipinski definition) is 2. The van der Waals surface area contributed by atoms with E-state index in [1.54, 1.807) is 0 Å². The molecule has 1 heterocycles. The van der Waals surface area contributed by atoms with Crippen LogP contribution in [0, 0.1) is 13.8 Å². The van der Waals surface area contributed by atoms with Crippen molar-refractivity contribution >= 4 is 5.91 Å². The van der Waals surface area contributed by atoms with Gasteiger partial charge in [-0.05, 0) is 58.3 Å². The Morgan fingerprint density at radius 1 is 1.32 bits per heavy atom. The van der Waals surface area contributed by atoms with Crippen LogP contribution in [0.4, 0.5) is 0 Å². The van der Waals surface area contributed by atoms with E-state index in [1.165, 1.54) is 0 Å². The molecule has 19 heavy (non-hydrogen) atoms. The van der Waals surface area contributed by atoms with Crippen molar-refractivity contribution in [1.82, 2.24) is 10.2 Å². The number of nitrogens with one attached hydrogen (secondary N) is 1. The zero-order valence-electron chi connectivity index (χ0n) is 12.2. The molecule has 0 bridgehead atoms. The Bertz CT molecular complexity index is 450. The topological polar surface area (TPSA) is 32.3 Å². The Balaban J connectivity index is 2.22. The van der Waals surface area contributed by atoms with Crippen LogP contribution in [0.3, 0.4) is 0 Å². The first-order valence-electron chi connectivity index (χ1n) is 7.22. The molecule has 0 saturated carbocycles. The van der Waals surface area contributed by atoms with Crippen molar-refractivity contribution in [1.29, 1.82) is 0 Å². The molecule has 0 aliphatic carbocycles. The van der Waals surface area contributed by atoms with Crippen molar-refractivity contribution in [3.05, 3.63) is 34.9 Å². The summed E-state index contributed by atoms with van der Waals surface area (Å²) in [5.41, 5.74) is 3.08. The van der Waals surface area contributed by atoms with E-state index in [2.05, 4.69) is 18.3 Å². The van der Waals surface area contributed by atoms with Gasteiger partial charge in [-0.1, -0.05) is 17.7 Å². The number of amides is 1. The maximum Gasteiger partial charge on any atom is 0.254 e. The number of nitrogens with zero attached hydrogens (tertiary/aromatic N) is 1. The van der Waals surface area contributed by atoms with Crippen molar-refractivity contribution in [3.63, 3.8) is 0 Å². The molecule has 1 aliphatic heterocycles. The zero-order valence-corrected chi connectivity index (χ0v) is 12.2. The Morgan fingerprint density at radius 2 is 2.00 bits per heavy atom. The summed E-state index contributed by atoms with van der Waals surface area (Å²) in [6, 6.07) is 6.51. The van der Waals surface area contributed by atoms with Gasteiger partial charge in [0.25, 0.3) is 5.91 Å². The van der Waals surface area contributed by atoms with Gasteiger partial charge in [0.1, 0.15) is 0 Å². The summed E-state index contributed by atoms with van der Waals surface area (Å²) in [5.74, 6) is 0.190. The molecule has 3 heteroatoms. The lowest BCUT2D eigenvalue weighted by Gasteiger charge is -2.34. The van der Waals surface area contributed by atoms with Crippen molar-refractivity contribution < 1.29 is 4.79 Å². The van der Waals surface area contributed by atoms with Gasteiger partial charge >= 0.3 is 0 Å². The number of carbonyl (C=O) groups is 1. The average molecular weight is 260 g/mol. The highest BCUT2D eigenvalue weighted by Crippen LogP contribution is 2.18. The van der Waals surface area contributed by atoms with Crippen LogP contribution in [0.2, 0.25) is 0 Å². The minimum absolute atomic E-state index is 0.190. The first-order chi connectivity index (χ1) is 9.13. The second-order valence-electron chi connectivity index (χ2n) is 5.39. The molecule has 1 amide bonds. The molecule has 3 nitrogen and oxygen atoms in total. The van der Waals surface area contributed by atoms with E-state index >= 15 is 0 Å². The van der Waals surface area contributed by atoms with E-state index in [4.69, 9.17) is 0 Å². The highest BCUT2D eigenvalue weighted by atomic mass is 16.2. The minimum atomic E-state index is 0.190. The number of benzene rings is 1. The molecule has 0 aromatic heterocycles. The highest BCUT2D eigenvalue weighted by molar-refractivity contribution is 5.96. The van der Waals surface area contributed by atoms with Gasteiger partial charge in [0.05, 0.1) is 0 Å². The van der Waals surface area contributed by atoms with Gasteiger partial charge in [0, 0.05) is 18.2 Å². The van der Waals surface area contributed by atoms with Crippen molar-refractivity contribution in [2.75, 3.05) is 19.6 Å². The van der Waals surface area contributed by atoms with Gasteiger partial charge < -0.3 is 10.2 Å². The summed E-state index contributed by atoms with van der Waals surface area (Å²) in [7, 11) is 0. The molecule has 0 spiro atoms. The number of carbonyl (C=O) groups excluding carboxylic acids is 1. The van der Waals surface area contributed by atoms with Crippen LogP contribution < -0.4 is 5.32 Å². The fourth-order valence-corrected chi connectivity index (χ4v) is 2.81. The third kappa shape index (κ3) is 3.16. The minimum Gasteiger partial charge on any atom is -0.336 e. The second kappa shape index (κ2) is 6.20. The third-order valence-electron chi connectivity index (χ3n) is 3.97. The van der Waals surface area contributed by atoms with Gasteiger partial charge in [-0.2, -0.15) is 0 Å². The van der Waals surface area contributed by atoms with E-state index < -0.39 is 0 Å². The summed E-state index contributed by atoms with van der Waals surface area (Å²) >= 11 is 0. The molecular formula is C16H24N2O. The van der Waals surface area contributed by atoms with Crippen LogP contribution in [0.15, 0.2) is 18.2 Å². The number of piperidine rings is 1. The largest absolute Gasteiger partial charge is 0.336 e. The van der Waals surface area contributed by atoms with Gasteiger partial charge in [0.15, 0.2) is 0 Å². The van der Waals surface area contributed by atoms with Crippen LogP contribution in [0.25, 0.3) is 0 Å². The van der Waals surface area contributed by atoms with E-state index in [-0.39, 0.29) is 5.91 Å². The third-order valence-corrected chi connectivity index (χ3v) is 3.97. The SMILES string of the molecule is CCN(C(=O)c1cc(C)ccc1C)C1CCNCC1. The summed E-state index contributed by atoms with van der Waals surface area (Å²) in [6.45, 7) is 8.95. The van der Waals surface area contributed by atoms with E-state index in [1.807, 2.05) is 30.9 Å². The Morgan fingerprint density at radius 3 is 2.63 bits per heavy atom. The van der Waals surface area contributed by atoms with E-state index in [0.717, 1.165) is 49.2 Å². The molecule has 1 aromatic rings. The molecule has 104 valence electrons. The normalized spacial score (nSPS) is 16.4. The number of rotatable bonds is 3. The van der Waals surface area contributed by atoms with Crippen molar-refractivity contribution in [3.8, 4) is 0 Å². The van der Waals surface area contributed by atoms with Crippen LogP contribution in [-0.4, -0.2) is 36.5 Å². The Hall–Kier alpha value is -1.35. The number of aryl methyl sites for hydroxylation is 2. The molecule has 1 aliphatic rings. The zero-order chi connectivity index (χ0) is 13.8. The maximum absolute atomic E-state index is 12.8. The predicted molar refractivity (Wildman–Crippen MR) is 78.5 cm³/mol. The molecular weight excluding hydrogens is 236 g/mol. The van der Waals surface area contributed by atoms with Crippen LogP contribution >= 0.6 is 0 Å². The average Bonchev–Trinajstić information content (AvgIpc) is 2.43. The van der Waals surface area contributed by atoms with Gasteiger partial charge in [0.2, 0.25) is 0 Å². The van der Waals surface area contributed by atoms with Crippen LogP contribution in [0.1, 0.15) is 41.3 Å². The standard InChI is InChI=1S/C16H24N2O/c1-4-18(14-7-9-17-10-8-14)16(19)15-11-12(2)5-6-13(15)3/h5-6,11,14,17H,4,7-10H2,1-3H3. The fraction of sp³-hybridized carbons (Fsp3) is 0.562. The van der Waals surface area contributed by atoms with Gasteiger partial charge in [-0.15, -0.1) is 0 Å². The summed E-state index contributed by atoms with van der Waals surface area (Å²) in [5, 5.41) is 3.35. The molecule has 2 rings (SSSR count). The van der Waals surface area contributed by atoms with E-state index in [9.17, 15) is 4.79 Å². The Kier molecular flexibility index (Phi) is 4.59. The highest BCUT2D eigenvalue weighted by Gasteiger charge is 2.25. The second-order valence-corrected chi connectivity index (χ2v) is 5.39. The molecule has 1 fully saturated rings. The lowest BCUT2D eigenvalue weighted by molar-refractivity contribution is 0.0655. The van der Waals surface area contributed by atoms with Crippen LogP contribution in [-0.2, 0) is 0 Å². The molecule has 0 radical (unpaired) electrons. The predicted octanol–water partition coefficient (Wildman–Crippen LogP) is 2.52. The lowest BCUT2D eigenvalue weighted by atomic mass is 10.0. The smallest absolute Gasteiger partial charge is 0.254 e. The van der Waals surface area contributed by atoms with Crippen molar-refractivity contribution in [2.45, 2.75) is 39.7 Å². The van der Waals surface area contributed by atoms with Gasteiger partial charge in [-0.3, -0.25) is 4.79 Å². The molecule has 0 unspecified atom stereocenters. The summed E-state index contributed by atoms with van der Waals surface area (Å²) in [6.07, 6.45) is 2.12. The lowest BCUT2D eigenvalue weighted by Crippen LogP contribution is -2.46. The van der Waals surface area contributed by atoms with Crippen LogP contribution in [0.5, 0.6) is 0 Å². The van der Waals surface area contributed by atoms with E-state index in [0.29, 0.717) is 6.04 Å². The van der Waals surface area contributed by atoms with Crippen molar-refractivity contribution in [2.24, 2.45) is 0 Å².